The van der Waals surface area contributed by atoms with E-state index in [1.165, 1.54) is 0 Å². The number of hydrogen-bond acceptors (Lipinski definition) is 5. The van der Waals surface area contributed by atoms with Crippen LogP contribution in [0.4, 0.5) is 4.79 Å². The molecule has 7 nitrogen and oxygen atoms in total. The van der Waals surface area contributed by atoms with Gasteiger partial charge < -0.3 is 19.5 Å². The predicted octanol–water partition coefficient (Wildman–Crippen LogP) is 2.04. The molecule has 0 radical (unpaired) electrons. The number of amides is 2. The van der Waals surface area contributed by atoms with E-state index >= 15 is 0 Å². The van der Waals surface area contributed by atoms with E-state index in [2.05, 4.69) is 15.5 Å². The van der Waals surface area contributed by atoms with Gasteiger partial charge in [0.25, 0.3) is 0 Å². The minimum atomic E-state index is -0.189. The fourth-order valence-electron chi connectivity index (χ4n) is 2.08. The zero-order valence-electron chi connectivity index (χ0n) is 13.2. The Kier molecular flexibility index (Phi) is 4.98. The molecule has 0 unspecified atom stereocenters. The number of rotatable bonds is 5. The lowest BCUT2D eigenvalue weighted by atomic mass is 10.2. The van der Waals surface area contributed by atoms with Crippen molar-refractivity contribution in [1.82, 2.24) is 20.4 Å². The molecule has 7 heteroatoms. The lowest BCUT2D eigenvalue weighted by molar-refractivity contribution is 0.206. The van der Waals surface area contributed by atoms with Crippen molar-refractivity contribution in [3.8, 4) is 5.88 Å². The summed E-state index contributed by atoms with van der Waals surface area (Å²) in [6.45, 7) is 4.48. The molecule has 22 heavy (non-hydrogen) atoms. The number of hydrogen-bond donors (Lipinski definition) is 1. The van der Waals surface area contributed by atoms with Crippen molar-refractivity contribution in [3.05, 3.63) is 40.9 Å². The van der Waals surface area contributed by atoms with Gasteiger partial charge in [0.15, 0.2) is 0 Å². The standard InChI is InChI=1S/C15H20N4O3/c1-10-13(11(2)22-18-10)9-19(3)15(20)17-8-12-6-5-7-16-14(12)21-4/h5-7H,8-9H2,1-4H3,(H,17,20). The van der Waals surface area contributed by atoms with Gasteiger partial charge in [0.2, 0.25) is 5.88 Å². The van der Waals surface area contributed by atoms with Gasteiger partial charge in [-0.1, -0.05) is 11.2 Å². The number of aromatic nitrogens is 2. The number of nitrogens with one attached hydrogen (secondary N) is 1. The van der Waals surface area contributed by atoms with Crippen molar-refractivity contribution in [2.75, 3.05) is 14.2 Å². The van der Waals surface area contributed by atoms with Crippen LogP contribution in [0.15, 0.2) is 22.9 Å². The zero-order valence-corrected chi connectivity index (χ0v) is 13.2. The summed E-state index contributed by atoms with van der Waals surface area (Å²) in [4.78, 5) is 17.8. The number of aryl methyl sites for hydroxylation is 2. The Hall–Kier alpha value is -2.57. The molecule has 0 aromatic carbocycles. The summed E-state index contributed by atoms with van der Waals surface area (Å²) in [6, 6.07) is 3.48. The molecule has 0 saturated carbocycles. The number of carbonyl (C=O) groups excluding carboxylic acids is 1. The largest absolute Gasteiger partial charge is 0.481 e. The molecule has 2 aromatic rings. The van der Waals surface area contributed by atoms with Crippen LogP contribution < -0.4 is 10.1 Å². The van der Waals surface area contributed by atoms with E-state index in [0.29, 0.717) is 19.0 Å². The number of methoxy groups -OCH3 is 1. The van der Waals surface area contributed by atoms with E-state index < -0.39 is 0 Å². The Morgan fingerprint density at radius 2 is 2.23 bits per heavy atom. The van der Waals surface area contributed by atoms with Crippen LogP contribution in [-0.4, -0.2) is 35.2 Å². The monoisotopic (exact) mass is 304 g/mol. The van der Waals surface area contributed by atoms with Crippen molar-refractivity contribution < 1.29 is 14.1 Å². The molecule has 118 valence electrons. The second-order valence-corrected chi connectivity index (χ2v) is 4.99. The number of urea groups is 1. The molecule has 0 aliphatic rings. The third-order valence-corrected chi connectivity index (χ3v) is 3.40. The second kappa shape index (κ2) is 6.93. The van der Waals surface area contributed by atoms with Gasteiger partial charge in [0.05, 0.1) is 19.3 Å². The Labute approximate surface area is 129 Å². The minimum absolute atomic E-state index is 0.189. The van der Waals surface area contributed by atoms with Gasteiger partial charge in [-0.25, -0.2) is 9.78 Å². The average molecular weight is 304 g/mol. The lowest BCUT2D eigenvalue weighted by Gasteiger charge is -2.18. The molecular weight excluding hydrogens is 284 g/mol. The third kappa shape index (κ3) is 3.55. The van der Waals surface area contributed by atoms with Gasteiger partial charge in [0, 0.05) is 30.9 Å². The van der Waals surface area contributed by atoms with Crippen LogP contribution in [0.5, 0.6) is 5.88 Å². The summed E-state index contributed by atoms with van der Waals surface area (Å²) in [7, 11) is 3.28. The quantitative estimate of drug-likeness (QED) is 0.914. The first-order valence-corrected chi connectivity index (χ1v) is 6.91. The van der Waals surface area contributed by atoms with Crippen molar-refractivity contribution >= 4 is 6.03 Å². The number of ether oxygens (including phenoxy) is 1. The summed E-state index contributed by atoms with van der Waals surface area (Å²) in [5, 5.41) is 6.73. The number of pyridine rings is 1. The maximum Gasteiger partial charge on any atom is 0.317 e. The summed E-state index contributed by atoms with van der Waals surface area (Å²) in [5.74, 6) is 1.24. The maximum absolute atomic E-state index is 12.2. The van der Waals surface area contributed by atoms with Crippen LogP contribution in [0.3, 0.4) is 0 Å². The Bertz CT molecular complexity index is 634. The van der Waals surface area contributed by atoms with Crippen molar-refractivity contribution in [2.24, 2.45) is 0 Å². The molecule has 2 rings (SSSR count). The van der Waals surface area contributed by atoms with Crippen LogP contribution in [-0.2, 0) is 13.1 Å². The normalized spacial score (nSPS) is 10.4. The van der Waals surface area contributed by atoms with E-state index in [-0.39, 0.29) is 6.03 Å². The van der Waals surface area contributed by atoms with Gasteiger partial charge in [-0.3, -0.25) is 0 Å². The smallest absolute Gasteiger partial charge is 0.317 e. The number of carbonyl (C=O) groups is 1. The first kappa shape index (κ1) is 15.8. The van der Waals surface area contributed by atoms with Crippen LogP contribution in [0, 0.1) is 13.8 Å². The molecule has 0 aliphatic heterocycles. The SMILES string of the molecule is COc1ncccc1CNC(=O)N(C)Cc1c(C)noc1C. The topological polar surface area (TPSA) is 80.5 Å². The Morgan fingerprint density at radius 1 is 1.45 bits per heavy atom. The van der Waals surface area contributed by atoms with E-state index in [4.69, 9.17) is 9.26 Å². The van der Waals surface area contributed by atoms with Crippen LogP contribution >= 0.6 is 0 Å². The van der Waals surface area contributed by atoms with Crippen LogP contribution in [0.2, 0.25) is 0 Å². The fraction of sp³-hybridized carbons (Fsp3) is 0.400. The molecule has 0 spiro atoms. The highest BCUT2D eigenvalue weighted by atomic mass is 16.5. The lowest BCUT2D eigenvalue weighted by Crippen LogP contribution is -2.36. The van der Waals surface area contributed by atoms with Gasteiger partial charge in [-0.15, -0.1) is 0 Å². The van der Waals surface area contributed by atoms with Gasteiger partial charge in [-0.05, 0) is 19.9 Å². The van der Waals surface area contributed by atoms with Gasteiger partial charge >= 0.3 is 6.03 Å². The summed E-state index contributed by atoms with van der Waals surface area (Å²) < 4.78 is 10.3. The van der Waals surface area contributed by atoms with Crippen LogP contribution in [0.25, 0.3) is 0 Å². The number of nitrogens with zero attached hydrogens (tertiary/aromatic N) is 3. The molecule has 0 saturated heterocycles. The molecule has 2 heterocycles. The van der Waals surface area contributed by atoms with Crippen LogP contribution in [0.1, 0.15) is 22.6 Å². The first-order valence-electron chi connectivity index (χ1n) is 6.91. The van der Waals surface area contributed by atoms with Gasteiger partial charge in [0.1, 0.15) is 5.76 Å². The van der Waals surface area contributed by atoms with E-state index in [1.807, 2.05) is 19.9 Å². The average Bonchev–Trinajstić information content (AvgIpc) is 2.84. The predicted molar refractivity (Wildman–Crippen MR) is 80.5 cm³/mol. The van der Waals surface area contributed by atoms with Crippen molar-refractivity contribution in [2.45, 2.75) is 26.9 Å². The molecular formula is C15H20N4O3. The molecule has 0 fully saturated rings. The Morgan fingerprint density at radius 3 is 2.86 bits per heavy atom. The minimum Gasteiger partial charge on any atom is -0.481 e. The maximum atomic E-state index is 12.2. The molecule has 0 bridgehead atoms. The van der Waals surface area contributed by atoms with Gasteiger partial charge in [-0.2, -0.15) is 0 Å². The highest BCUT2D eigenvalue weighted by Gasteiger charge is 2.15. The van der Waals surface area contributed by atoms with E-state index in [9.17, 15) is 4.79 Å². The fourth-order valence-corrected chi connectivity index (χ4v) is 2.08. The zero-order chi connectivity index (χ0) is 16.1. The highest BCUT2D eigenvalue weighted by Crippen LogP contribution is 2.15. The van der Waals surface area contributed by atoms with E-state index in [1.54, 1.807) is 31.3 Å². The first-order chi connectivity index (χ1) is 10.5. The third-order valence-electron chi connectivity index (χ3n) is 3.40. The summed E-state index contributed by atoms with van der Waals surface area (Å²) in [5.41, 5.74) is 2.55. The highest BCUT2D eigenvalue weighted by molar-refractivity contribution is 5.74. The molecule has 2 aromatic heterocycles. The van der Waals surface area contributed by atoms with Crippen molar-refractivity contribution in [1.29, 1.82) is 0 Å². The summed E-state index contributed by atoms with van der Waals surface area (Å²) in [6.07, 6.45) is 1.65. The molecule has 2 amide bonds. The molecule has 0 aliphatic carbocycles. The summed E-state index contributed by atoms with van der Waals surface area (Å²) >= 11 is 0. The van der Waals surface area contributed by atoms with Crippen molar-refractivity contribution in [3.63, 3.8) is 0 Å². The molecule has 1 N–H and O–H groups in total. The van der Waals surface area contributed by atoms with E-state index in [0.717, 1.165) is 22.6 Å². The second-order valence-electron chi connectivity index (χ2n) is 4.99. The Balaban J connectivity index is 1.94. The molecule has 0 atom stereocenters.